The van der Waals surface area contributed by atoms with Gasteiger partial charge >= 0.3 is 11.9 Å². The fourth-order valence-electron chi connectivity index (χ4n) is 1.44. The van der Waals surface area contributed by atoms with Crippen LogP contribution in [0.2, 0.25) is 0 Å². The first kappa shape index (κ1) is 28.7. The molecule has 0 aliphatic heterocycles. The Morgan fingerprint density at radius 1 is 0.800 bits per heavy atom. The molecule has 5 heteroatoms. The van der Waals surface area contributed by atoms with Crippen molar-refractivity contribution in [1.29, 1.82) is 0 Å². The molecule has 0 aliphatic rings. The van der Waals surface area contributed by atoms with E-state index in [4.69, 9.17) is 14.6 Å². The van der Waals surface area contributed by atoms with Crippen molar-refractivity contribution >= 4 is 11.9 Å². The van der Waals surface area contributed by atoms with Crippen molar-refractivity contribution in [2.24, 2.45) is 11.8 Å². The van der Waals surface area contributed by atoms with E-state index in [9.17, 15) is 9.59 Å². The molecule has 0 heterocycles. The Hall–Kier alpha value is -1.10. The van der Waals surface area contributed by atoms with Crippen LogP contribution in [0.5, 0.6) is 0 Å². The van der Waals surface area contributed by atoms with Crippen molar-refractivity contribution in [3.63, 3.8) is 0 Å². The van der Waals surface area contributed by atoms with Crippen LogP contribution < -0.4 is 0 Å². The highest BCUT2D eigenvalue weighted by Gasteiger charge is 1.95. The Bertz CT molecular complexity index is 288. The fourth-order valence-corrected chi connectivity index (χ4v) is 1.44. The maximum absolute atomic E-state index is 10.3. The van der Waals surface area contributed by atoms with Crippen LogP contribution in [-0.2, 0) is 19.1 Å². The van der Waals surface area contributed by atoms with Gasteiger partial charge in [0.2, 0.25) is 0 Å². The van der Waals surface area contributed by atoms with E-state index in [0.717, 1.165) is 19.3 Å². The van der Waals surface area contributed by atoms with Crippen LogP contribution in [0, 0.1) is 11.8 Å². The summed E-state index contributed by atoms with van der Waals surface area (Å²) in [5.74, 6) is 0.909. The zero-order chi connectivity index (χ0) is 20.1. The second-order valence-corrected chi connectivity index (χ2v) is 6.83. The first-order valence-electron chi connectivity index (χ1n) is 9.54. The largest absolute Gasteiger partial charge is 0.466 e. The molecule has 0 bridgehead atoms. The van der Waals surface area contributed by atoms with Crippen LogP contribution in [-0.4, -0.2) is 36.9 Å². The molecule has 152 valence electrons. The summed E-state index contributed by atoms with van der Waals surface area (Å²) in [6, 6.07) is 0. The number of carbonyl (C=O) groups is 2. The summed E-state index contributed by atoms with van der Waals surface area (Å²) in [7, 11) is 0. The lowest BCUT2D eigenvalue weighted by atomic mass is 10.1. The maximum atomic E-state index is 10.3. The van der Waals surface area contributed by atoms with Crippen molar-refractivity contribution in [3.8, 4) is 0 Å². The SMILES string of the molecule is CC(=O)OCCC(C)C.CC(C)CCO.CCCCCCOC(C)=O. The Kier molecular flexibility index (Phi) is 26.3. The van der Waals surface area contributed by atoms with Gasteiger partial charge in [0.15, 0.2) is 0 Å². The van der Waals surface area contributed by atoms with Crippen molar-refractivity contribution in [3.05, 3.63) is 0 Å². The first-order chi connectivity index (χ1) is 11.7. The first-order valence-corrected chi connectivity index (χ1v) is 9.54. The summed E-state index contributed by atoms with van der Waals surface area (Å²) < 4.78 is 9.46. The molecule has 5 nitrogen and oxygen atoms in total. The lowest BCUT2D eigenvalue weighted by molar-refractivity contribution is -0.142. The number of esters is 2. The van der Waals surface area contributed by atoms with Crippen molar-refractivity contribution in [1.82, 2.24) is 0 Å². The van der Waals surface area contributed by atoms with Crippen LogP contribution >= 0.6 is 0 Å². The van der Waals surface area contributed by atoms with Crippen molar-refractivity contribution in [2.45, 2.75) is 87.0 Å². The zero-order valence-electron chi connectivity index (χ0n) is 17.6. The average Bonchev–Trinajstić information content (AvgIpc) is 2.47. The van der Waals surface area contributed by atoms with E-state index in [1.54, 1.807) is 0 Å². The second-order valence-electron chi connectivity index (χ2n) is 6.83. The lowest BCUT2D eigenvalue weighted by Crippen LogP contribution is -2.02. The number of hydrogen-bond acceptors (Lipinski definition) is 5. The minimum absolute atomic E-state index is 0.170. The lowest BCUT2D eigenvalue weighted by Gasteiger charge is -2.02. The standard InChI is InChI=1S/C8H16O2.C7H14O2.C5H12O/c1-3-4-5-6-7-10-8(2)9;1-6(2)4-5-9-7(3)8;1-5(2)3-4-6/h3-7H2,1-2H3;6H,4-5H2,1-3H3;5-6H,3-4H2,1-2H3. The van der Waals surface area contributed by atoms with Gasteiger partial charge in [0.25, 0.3) is 0 Å². The maximum Gasteiger partial charge on any atom is 0.302 e. The van der Waals surface area contributed by atoms with E-state index in [2.05, 4.69) is 34.6 Å². The summed E-state index contributed by atoms with van der Waals surface area (Å²) in [5, 5.41) is 8.24. The minimum atomic E-state index is -0.185. The van der Waals surface area contributed by atoms with E-state index in [0.29, 0.717) is 31.7 Å². The highest BCUT2D eigenvalue weighted by molar-refractivity contribution is 5.66. The number of carbonyl (C=O) groups excluding carboxylic acids is 2. The molecule has 0 atom stereocenters. The Balaban J connectivity index is -0.000000300. The van der Waals surface area contributed by atoms with Crippen LogP contribution in [0.3, 0.4) is 0 Å². The summed E-state index contributed by atoms with van der Waals surface area (Å²) in [4.78, 5) is 20.5. The molecule has 0 spiro atoms. The van der Waals surface area contributed by atoms with E-state index >= 15 is 0 Å². The van der Waals surface area contributed by atoms with Crippen LogP contribution in [0.4, 0.5) is 0 Å². The van der Waals surface area contributed by atoms with E-state index < -0.39 is 0 Å². The molecule has 25 heavy (non-hydrogen) atoms. The van der Waals surface area contributed by atoms with Crippen LogP contribution in [0.25, 0.3) is 0 Å². The van der Waals surface area contributed by atoms with Gasteiger partial charge in [0, 0.05) is 20.5 Å². The summed E-state index contributed by atoms with van der Waals surface area (Å²) >= 11 is 0. The molecule has 0 amide bonds. The van der Waals surface area contributed by atoms with Gasteiger partial charge in [-0.3, -0.25) is 9.59 Å². The third-order valence-corrected chi connectivity index (χ3v) is 3.01. The average molecular weight is 363 g/mol. The Morgan fingerprint density at radius 2 is 1.28 bits per heavy atom. The Labute approximate surface area is 155 Å². The number of ether oxygens (including phenoxy) is 2. The third-order valence-electron chi connectivity index (χ3n) is 3.01. The van der Waals surface area contributed by atoms with Gasteiger partial charge in [-0.2, -0.15) is 0 Å². The van der Waals surface area contributed by atoms with Crippen molar-refractivity contribution in [2.75, 3.05) is 19.8 Å². The highest BCUT2D eigenvalue weighted by Crippen LogP contribution is 1.99. The monoisotopic (exact) mass is 362 g/mol. The summed E-state index contributed by atoms with van der Waals surface area (Å²) in [6.45, 7) is 14.9. The molecule has 0 aromatic rings. The number of unbranched alkanes of at least 4 members (excludes halogenated alkanes) is 3. The van der Waals surface area contributed by atoms with Gasteiger partial charge in [0.1, 0.15) is 0 Å². The fraction of sp³-hybridized carbons (Fsp3) is 0.900. The molecule has 0 radical (unpaired) electrons. The highest BCUT2D eigenvalue weighted by atomic mass is 16.5. The molecule has 0 aromatic heterocycles. The number of hydrogen-bond donors (Lipinski definition) is 1. The normalized spacial score (nSPS) is 9.68. The Morgan fingerprint density at radius 3 is 1.60 bits per heavy atom. The van der Waals surface area contributed by atoms with Crippen molar-refractivity contribution < 1.29 is 24.2 Å². The molecule has 0 saturated heterocycles. The van der Waals surface area contributed by atoms with Gasteiger partial charge in [-0.25, -0.2) is 0 Å². The van der Waals surface area contributed by atoms with E-state index in [1.807, 2.05) is 0 Å². The predicted molar refractivity (Wildman–Crippen MR) is 103 cm³/mol. The molecular formula is C20H42O5. The van der Waals surface area contributed by atoms with E-state index in [1.165, 1.54) is 33.1 Å². The predicted octanol–water partition coefficient (Wildman–Crippen LogP) is 4.75. The number of aliphatic hydroxyl groups excluding tert-OH is 1. The van der Waals surface area contributed by atoms with Gasteiger partial charge in [0.05, 0.1) is 13.2 Å². The molecule has 0 unspecified atom stereocenters. The van der Waals surface area contributed by atoms with Gasteiger partial charge in [-0.15, -0.1) is 0 Å². The topological polar surface area (TPSA) is 72.8 Å². The molecule has 1 N–H and O–H groups in total. The summed E-state index contributed by atoms with van der Waals surface area (Å²) in [6.07, 6.45) is 6.53. The van der Waals surface area contributed by atoms with Gasteiger partial charge in [-0.05, 0) is 31.1 Å². The van der Waals surface area contributed by atoms with Gasteiger partial charge < -0.3 is 14.6 Å². The third kappa shape index (κ3) is 45.1. The molecule has 0 saturated carbocycles. The van der Waals surface area contributed by atoms with Gasteiger partial charge in [-0.1, -0.05) is 53.9 Å². The van der Waals surface area contributed by atoms with Crippen LogP contribution in [0.15, 0.2) is 0 Å². The number of rotatable bonds is 10. The molecule has 0 aromatic carbocycles. The van der Waals surface area contributed by atoms with Crippen LogP contribution in [0.1, 0.15) is 87.0 Å². The summed E-state index contributed by atoms with van der Waals surface area (Å²) in [5.41, 5.74) is 0. The quantitative estimate of drug-likeness (QED) is 0.448. The minimum Gasteiger partial charge on any atom is -0.466 e. The zero-order valence-corrected chi connectivity index (χ0v) is 17.6. The number of aliphatic hydroxyl groups is 1. The van der Waals surface area contributed by atoms with E-state index in [-0.39, 0.29) is 11.9 Å². The molecule has 0 rings (SSSR count). The second kappa shape index (κ2) is 22.9. The molecule has 0 fully saturated rings. The smallest absolute Gasteiger partial charge is 0.302 e. The molecule has 0 aliphatic carbocycles. The molecular weight excluding hydrogens is 320 g/mol.